The Morgan fingerprint density at radius 2 is 1.10 bits per heavy atom. The zero-order chi connectivity index (χ0) is 15.2. The first-order chi connectivity index (χ1) is 10.1. The zero-order valence-electron chi connectivity index (χ0n) is 11.2. The largest absolute Gasteiger partial charge is 0.381 e. The maximum atomic E-state index is 13.3. The van der Waals surface area contributed by atoms with Crippen LogP contribution in [0, 0.1) is 23.3 Å². The van der Waals surface area contributed by atoms with Crippen LogP contribution in [0.4, 0.5) is 17.6 Å². The van der Waals surface area contributed by atoms with Gasteiger partial charge in [-0.2, -0.15) is 0 Å². The minimum atomic E-state index is -0.506. The molecule has 0 unspecified atom stereocenters. The van der Waals surface area contributed by atoms with Gasteiger partial charge in [0.2, 0.25) is 0 Å². The lowest BCUT2D eigenvalue weighted by molar-refractivity contribution is 0.139. The van der Waals surface area contributed by atoms with Crippen LogP contribution in [0.2, 0.25) is 0 Å². The molecule has 0 heterocycles. The summed E-state index contributed by atoms with van der Waals surface area (Å²) in [4.78, 5) is 0. The van der Waals surface area contributed by atoms with Crippen LogP contribution in [-0.4, -0.2) is 13.2 Å². The third-order valence-electron chi connectivity index (χ3n) is 3.05. The van der Waals surface area contributed by atoms with Crippen molar-refractivity contribution in [3.63, 3.8) is 0 Å². The molecule has 0 saturated carbocycles. The van der Waals surface area contributed by atoms with E-state index in [4.69, 9.17) is 4.74 Å². The molecule has 2 rings (SSSR count). The molecule has 0 N–H and O–H groups in total. The van der Waals surface area contributed by atoms with Gasteiger partial charge < -0.3 is 4.74 Å². The van der Waals surface area contributed by atoms with Gasteiger partial charge in [-0.15, -0.1) is 0 Å². The Balaban J connectivity index is 1.77. The summed E-state index contributed by atoms with van der Waals surface area (Å²) >= 11 is 0. The number of benzene rings is 2. The van der Waals surface area contributed by atoms with Crippen LogP contribution in [0.15, 0.2) is 36.4 Å². The number of hydrogen-bond acceptors (Lipinski definition) is 1. The summed E-state index contributed by atoms with van der Waals surface area (Å²) in [5.74, 6) is -1.99. The third-order valence-corrected chi connectivity index (χ3v) is 3.05. The van der Waals surface area contributed by atoms with Crippen LogP contribution in [0.25, 0.3) is 0 Å². The van der Waals surface area contributed by atoms with Crippen molar-refractivity contribution >= 4 is 0 Å². The molecule has 0 saturated heterocycles. The van der Waals surface area contributed by atoms with E-state index in [1.807, 2.05) is 0 Å². The first-order valence-electron chi connectivity index (χ1n) is 6.52. The molecule has 0 aliphatic rings. The van der Waals surface area contributed by atoms with Crippen LogP contribution >= 0.6 is 0 Å². The Hall–Kier alpha value is -1.88. The predicted octanol–water partition coefficient (Wildman–Crippen LogP) is 4.04. The summed E-state index contributed by atoms with van der Waals surface area (Å²) in [7, 11) is 0. The highest BCUT2D eigenvalue weighted by Gasteiger charge is 2.05. The van der Waals surface area contributed by atoms with Gasteiger partial charge in [0, 0.05) is 0 Å². The molecule has 0 aliphatic heterocycles. The Morgan fingerprint density at radius 3 is 1.52 bits per heavy atom. The standard InChI is InChI=1S/C16H14F4O/c17-13-1-3-15(19)11(9-13)5-7-21-8-6-12-10-14(18)2-4-16(12)20/h1-4,9-10H,5-8H2. The summed E-state index contributed by atoms with van der Waals surface area (Å²) in [6.07, 6.45) is 0.435. The maximum absolute atomic E-state index is 13.3. The highest BCUT2D eigenvalue weighted by Crippen LogP contribution is 2.12. The lowest BCUT2D eigenvalue weighted by Crippen LogP contribution is -2.05. The molecule has 0 fully saturated rings. The first-order valence-corrected chi connectivity index (χ1v) is 6.52. The minimum Gasteiger partial charge on any atom is -0.381 e. The molecule has 21 heavy (non-hydrogen) atoms. The van der Waals surface area contributed by atoms with Gasteiger partial charge in [0.15, 0.2) is 0 Å². The molecule has 0 amide bonds. The highest BCUT2D eigenvalue weighted by molar-refractivity contribution is 5.19. The van der Waals surface area contributed by atoms with Crippen LogP contribution in [0.3, 0.4) is 0 Å². The van der Waals surface area contributed by atoms with Crippen molar-refractivity contribution in [1.82, 2.24) is 0 Å². The molecular weight excluding hydrogens is 284 g/mol. The Morgan fingerprint density at radius 1 is 0.667 bits per heavy atom. The molecule has 0 spiro atoms. The lowest BCUT2D eigenvalue weighted by atomic mass is 10.1. The summed E-state index contributed by atoms with van der Waals surface area (Å²) in [5.41, 5.74) is 0.457. The van der Waals surface area contributed by atoms with Crippen molar-refractivity contribution in [2.75, 3.05) is 13.2 Å². The molecule has 0 aliphatic carbocycles. The molecule has 2 aromatic rings. The second kappa shape index (κ2) is 7.22. The number of halogens is 4. The van der Waals surface area contributed by atoms with Gasteiger partial charge in [0.05, 0.1) is 13.2 Å². The summed E-state index contributed by atoms with van der Waals surface area (Å²) < 4.78 is 57.8. The normalized spacial score (nSPS) is 10.9. The average molecular weight is 298 g/mol. The van der Waals surface area contributed by atoms with E-state index in [2.05, 4.69) is 0 Å². The van der Waals surface area contributed by atoms with E-state index >= 15 is 0 Å². The molecule has 5 heteroatoms. The first kappa shape index (κ1) is 15.5. The Labute approximate surface area is 120 Å². The van der Waals surface area contributed by atoms with E-state index in [0.29, 0.717) is 0 Å². The molecule has 0 aromatic heterocycles. The van der Waals surface area contributed by atoms with Crippen molar-refractivity contribution < 1.29 is 22.3 Å². The summed E-state index contributed by atoms with van der Waals surface area (Å²) in [6.45, 7) is 0.356. The summed E-state index contributed by atoms with van der Waals surface area (Å²) in [5, 5.41) is 0. The monoisotopic (exact) mass is 298 g/mol. The molecule has 112 valence electrons. The molecule has 0 bridgehead atoms. The highest BCUT2D eigenvalue weighted by atomic mass is 19.1. The quantitative estimate of drug-likeness (QED) is 0.577. The summed E-state index contributed by atoms with van der Waals surface area (Å²) in [6, 6.07) is 6.45. The van der Waals surface area contributed by atoms with E-state index in [0.717, 1.165) is 36.4 Å². The van der Waals surface area contributed by atoms with Crippen molar-refractivity contribution in [3.8, 4) is 0 Å². The van der Waals surface area contributed by atoms with E-state index in [1.165, 1.54) is 0 Å². The van der Waals surface area contributed by atoms with Crippen molar-refractivity contribution in [3.05, 3.63) is 70.8 Å². The lowest BCUT2D eigenvalue weighted by Gasteiger charge is -2.07. The Kier molecular flexibility index (Phi) is 5.33. The van der Waals surface area contributed by atoms with Crippen LogP contribution < -0.4 is 0 Å². The topological polar surface area (TPSA) is 9.23 Å². The molecule has 2 aromatic carbocycles. The molecular formula is C16H14F4O. The van der Waals surface area contributed by atoms with E-state index in [-0.39, 0.29) is 37.2 Å². The number of hydrogen-bond donors (Lipinski definition) is 0. The fourth-order valence-electron chi connectivity index (χ4n) is 1.94. The fourth-order valence-corrected chi connectivity index (χ4v) is 1.94. The van der Waals surface area contributed by atoms with Gasteiger partial charge in [-0.25, -0.2) is 17.6 Å². The third kappa shape index (κ3) is 4.56. The van der Waals surface area contributed by atoms with Crippen molar-refractivity contribution in [2.45, 2.75) is 12.8 Å². The molecule has 0 atom stereocenters. The van der Waals surface area contributed by atoms with Crippen molar-refractivity contribution in [2.24, 2.45) is 0 Å². The van der Waals surface area contributed by atoms with Crippen molar-refractivity contribution in [1.29, 1.82) is 0 Å². The number of ether oxygens (including phenoxy) is 1. The van der Waals surface area contributed by atoms with Gasteiger partial charge in [-0.1, -0.05) is 0 Å². The predicted molar refractivity (Wildman–Crippen MR) is 70.9 cm³/mol. The maximum Gasteiger partial charge on any atom is 0.126 e. The fraction of sp³-hybridized carbons (Fsp3) is 0.250. The average Bonchev–Trinajstić information content (AvgIpc) is 2.45. The Bertz CT molecular complexity index is 560. The van der Waals surface area contributed by atoms with Gasteiger partial charge in [-0.05, 0) is 60.4 Å². The number of rotatable bonds is 6. The van der Waals surface area contributed by atoms with Crippen LogP contribution in [-0.2, 0) is 17.6 Å². The molecule has 0 radical (unpaired) electrons. The van der Waals surface area contributed by atoms with Gasteiger partial charge >= 0.3 is 0 Å². The van der Waals surface area contributed by atoms with Crippen LogP contribution in [0.5, 0.6) is 0 Å². The second-order valence-electron chi connectivity index (χ2n) is 4.58. The van der Waals surface area contributed by atoms with E-state index < -0.39 is 23.3 Å². The molecule has 1 nitrogen and oxygen atoms in total. The second-order valence-corrected chi connectivity index (χ2v) is 4.58. The van der Waals surface area contributed by atoms with E-state index in [9.17, 15) is 17.6 Å². The smallest absolute Gasteiger partial charge is 0.126 e. The van der Waals surface area contributed by atoms with E-state index in [1.54, 1.807) is 0 Å². The van der Waals surface area contributed by atoms with Gasteiger partial charge in [0.25, 0.3) is 0 Å². The minimum absolute atomic E-state index is 0.178. The van der Waals surface area contributed by atoms with Gasteiger partial charge in [0.1, 0.15) is 23.3 Å². The van der Waals surface area contributed by atoms with Crippen LogP contribution in [0.1, 0.15) is 11.1 Å². The zero-order valence-corrected chi connectivity index (χ0v) is 11.2. The van der Waals surface area contributed by atoms with Gasteiger partial charge in [-0.3, -0.25) is 0 Å². The SMILES string of the molecule is Fc1ccc(F)c(CCOCCc2cc(F)ccc2F)c1.